The fraction of sp³-hybridized carbons (Fsp3) is 0.188. The Kier molecular flexibility index (Phi) is 4.09. The Bertz CT molecular complexity index is 800. The van der Waals surface area contributed by atoms with E-state index in [1.54, 1.807) is 42.6 Å². The number of carbonyl (C=O) groups is 2. The molecule has 1 aromatic heterocycles. The number of anilines is 2. The summed E-state index contributed by atoms with van der Waals surface area (Å²) >= 11 is 0. The molecule has 7 nitrogen and oxygen atoms in total. The van der Waals surface area contributed by atoms with E-state index in [4.69, 9.17) is 4.74 Å². The van der Waals surface area contributed by atoms with Crippen LogP contribution in [0.15, 0.2) is 53.5 Å². The van der Waals surface area contributed by atoms with Crippen molar-refractivity contribution in [2.45, 2.75) is 6.54 Å². The maximum atomic E-state index is 12.1. The van der Waals surface area contributed by atoms with Crippen molar-refractivity contribution in [2.75, 3.05) is 23.4 Å². The molecule has 1 aliphatic rings. The number of ether oxygens (including phenoxy) is 1. The van der Waals surface area contributed by atoms with E-state index < -0.39 is 6.09 Å². The molecule has 0 bridgehead atoms. The molecule has 0 spiro atoms. The number of cyclic esters (lactones) is 1. The fourth-order valence-corrected chi connectivity index (χ4v) is 2.33. The molecule has 2 amide bonds. The van der Waals surface area contributed by atoms with Crippen LogP contribution < -0.4 is 15.8 Å². The van der Waals surface area contributed by atoms with Gasteiger partial charge in [0, 0.05) is 23.6 Å². The third-order valence-corrected chi connectivity index (χ3v) is 3.42. The lowest BCUT2D eigenvalue weighted by atomic mass is 10.2. The summed E-state index contributed by atoms with van der Waals surface area (Å²) in [6.45, 7) is 0.762. The summed E-state index contributed by atoms with van der Waals surface area (Å²) < 4.78 is 6.21. The molecule has 2 heterocycles. The van der Waals surface area contributed by atoms with Gasteiger partial charge in [-0.2, -0.15) is 0 Å². The number of amides is 2. The van der Waals surface area contributed by atoms with E-state index in [1.807, 2.05) is 0 Å². The molecule has 1 aromatic carbocycles. The number of aromatic nitrogens is 1. The lowest BCUT2D eigenvalue weighted by Crippen LogP contribution is -2.26. The van der Waals surface area contributed by atoms with E-state index in [9.17, 15) is 14.4 Å². The van der Waals surface area contributed by atoms with Crippen molar-refractivity contribution >= 4 is 23.4 Å². The molecular formula is C16H15N3O4. The van der Waals surface area contributed by atoms with Gasteiger partial charge in [-0.3, -0.25) is 14.5 Å². The Morgan fingerprint density at radius 1 is 1.17 bits per heavy atom. The van der Waals surface area contributed by atoms with Crippen LogP contribution in [0.1, 0.15) is 0 Å². The summed E-state index contributed by atoms with van der Waals surface area (Å²) in [6, 6.07) is 11.6. The highest BCUT2D eigenvalue weighted by atomic mass is 16.6. The minimum absolute atomic E-state index is 0.0738. The van der Waals surface area contributed by atoms with Crippen molar-refractivity contribution in [2.24, 2.45) is 0 Å². The first-order chi connectivity index (χ1) is 11.1. The van der Waals surface area contributed by atoms with Gasteiger partial charge in [0.25, 0.3) is 5.56 Å². The van der Waals surface area contributed by atoms with Crippen LogP contribution in [0.3, 0.4) is 0 Å². The number of nitrogens with one attached hydrogen (secondary N) is 1. The minimum Gasteiger partial charge on any atom is -0.447 e. The molecule has 1 saturated heterocycles. The number of hydrogen-bond donors (Lipinski definition) is 1. The van der Waals surface area contributed by atoms with Gasteiger partial charge in [0.2, 0.25) is 5.91 Å². The molecule has 0 aliphatic carbocycles. The van der Waals surface area contributed by atoms with Crippen molar-refractivity contribution in [1.29, 1.82) is 0 Å². The first-order valence-corrected chi connectivity index (χ1v) is 7.13. The highest BCUT2D eigenvalue weighted by molar-refractivity contribution is 5.93. The lowest BCUT2D eigenvalue weighted by Gasteiger charge is -2.14. The molecule has 1 aliphatic heterocycles. The molecule has 3 rings (SSSR count). The fourth-order valence-electron chi connectivity index (χ4n) is 2.33. The molecule has 0 atom stereocenters. The van der Waals surface area contributed by atoms with Gasteiger partial charge in [-0.1, -0.05) is 12.1 Å². The Labute approximate surface area is 132 Å². The number of rotatable bonds is 4. The zero-order chi connectivity index (χ0) is 16.2. The Balaban J connectivity index is 1.70. The smallest absolute Gasteiger partial charge is 0.414 e. The van der Waals surface area contributed by atoms with Gasteiger partial charge in [-0.25, -0.2) is 4.79 Å². The van der Waals surface area contributed by atoms with E-state index in [0.717, 1.165) is 0 Å². The van der Waals surface area contributed by atoms with Gasteiger partial charge in [-0.15, -0.1) is 0 Å². The van der Waals surface area contributed by atoms with Crippen LogP contribution >= 0.6 is 0 Å². The SMILES string of the molecule is O=C(Cn1ccccc1=O)Nc1cccc(N2CCOC2=O)c1. The summed E-state index contributed by atoms with van der Waals surface area (Å²) in [5.74, 6) is -0.320. The third-order valence-electron chi connectivity index (χ3n) is 3.42. The summed E-state index contributed by atoms with van der Waals surface area (Å²) in [7, 11) is 0. The van der Waals surface area contributed by atoms with Crippen molar-refractivity contribution in [1.82, 2.24) is 4.57 Å². The maximum Gasteiger partial charge on any atom is 0.414 e. The summed E-state index contributed by atoms with van der Waals surface area (Å²) in [5.41, 5.74) is 0.967. The predicted octanol–water partition coefficient (Wildman–Crippen LogP) is 1.44. The molecule has 23 heavy (non-hydrogen) atoms. The highest BCUT2D eigenvalue weighted by Gasteiger charge is 2.23. The van der Waals surface area contributed by atoms with Crippen molar-refractivity contribution in [3.8, 4) is 0 Å². The van der Waals surface area contributed by atoms with Gasteiger partial charge in [0.1, 0.15) is 13.2 Å². The predicted molar refractivity (Wildman–Crippen MR) is 84.5 cm³/mol. The maximum absolute atomic E-state index is 12.1. The average molecular weight is 313 g/mol. The number of carbonyl (C=O) groups excluding carboxylic acids is 2. The summed E-state index contributed by atoms with van der Waals surface area (Å²) in [6.07, 6.45) is 1.16. The van der Waals surface area contributed by atoms with Crippen LogP contribution in [0.2, 0.25) is 0 Å². The Morgan fingerprint density at radius 2 is 2.04 bits per heavy atom. The molecule has 7 heteroatoms. The molecule has 0 saturated carbocycles. The molecule has 0 radical (unpaired) electrons. The monoisotopic (exact) mass is 313 g/mol. The van der Waals surface area contributed by atoms with Gasteiger partial charge in [0.05, 0.1) is 6.54 Å². The second-order valence-electron chi connectivity index (χ2n) is 5.03. The van der Waals surface area contributed by atoms with E-state index in [1.165, 1.54) is 15.5 Å². The molecule has 1 fully saturated rings. The van der Waals surface area contributed by atoms with E-state index in [0.29, 0.717) is 24.5 Å². The molecular weight excluding hydrogens is 298 g/mol. The van der Waals surface area contributed by atoms with Gasteiger partial charge < -0.3 is 14.6 Å². The Morgan fingerprint density at radius 3 is 2.78 bits per heavy atom. The zero-order valence-electron chi connectivity index (χ0n) is 12.3. The van der Waals surface area contributed by atoms with Crippen molar-refractivity contribution in [3.63, 3.8) is 0 Å². The molecule has 118 valence electrons. The molecule has 0 unspecified atom stereocenters. The topological polar surface area (TPSA) is 80.6 Å². The van der Waals surface area contributed by atoms with Crippen molar-refractivity contribution in [3.05, 3.63) is 59.0 Å². The van der Waals surface area contributed by atoms with Gasteiger partial charge in [0.15, 0.2) is 0 Å². The normalized spacial score (nSPS) is 13.7. The van der Waals surface area contributed by atoms with E-state index in [-0.39, 0.29) is 18.0 Å². The average Bonchev–Trinajstić information content (AvgIpc) is 2.96. The number of benzene rings is 1. The zero-order valence-corrected chi connectivity index (χ0v) is 12.3. The molecule has 2 aromatic rings. The van der Waals surface area contributed by atoms with Gasteiger partial charge in [-0.05, 0) is 24.3 Å². The van der Waals surface area contributed by atoms with Crippen LogP contribution in [0.25, 0.3) is 0 Å². The van der Waals surface area contributed by atoms with E-state index in [2.05, 4.69) is 5.32 Å². The van der Waals surface area contributed by atoms with Crippen LogP contribution in [-0.2, 0) is 16.1 Å². The minimum atomic E-state index is -0.399. The lowest BCUT2D eigenvalue weighted by molar-refractivity contribution is -0.116. The third kappa shape index (κ3) is 3.39. The second kappa shape index (κ2) is 6.35. The van der Waals surface area contributed by atoms with Gasteiger partial charge >= 0.3 is 6.09 Å². The second-order valence-corrected chi connectivity index (χ2v) is 5.03. The van der Waals surface area contributed by atoms with Crippen molar-refractivity contribution < 1.29 is 14.3 Å². The quantitative estimate of drug-likeness (QED) is 0.926. The molecule has 1 N–H and O–H groups in total. The number of pyridine rings is 1. The highest BCUT2D eigenvalue weighted by Crippen LogP contribution is 2.22. The number of hydrogen-bond acceptors (Lipinski definition) is 4. The number of nitrogens with zero attached hydrogens (tertiary/aromatic N) is 2. The summed E-state index contributed by atoms with van der Waals surface area (Å²) in [4.78, 5) is 36.7. The van der Waals surface area contributed by atoms with Crippen LogP contribution in [0, 0.1) is 0 Å². The van der Waals surface area contributed by atoms with E-state index >= 15 is 0 Å². The first-order valence-electron chi connectivity index (χ1n) is 7.13. The standard InChI is InChI=1S/C16H15N3O4/c20-14(11-18-7-2-1-6-15(18)21)17-12-4-3-5-13(10-12)19-8-9-23-16(19)22/h1-7,10H,8-9,11H2,(H,17,20). The Hall–Kier alpha value is -3.09. The van der Waals surface area contributed by atoms with Crippen LogP contribution in [0.5, 0.6) is 0 Å². The van der Waals surface area contributed by atoms with Crippen LogP contribution in [0.4, 0.5) is 16.2 Å². The summed E-state index contributed by atoms with van der Waals surface area (Å²) in [5, 5.41) is 2.72. The largest absolute Gasteiger partial charge is 0.447 e. The van der Waals surface area contributed by atoms with Crippen LogP contribution in [-0.4, -0.2) is 29.7 Å². The first kappa shape index (κ1) is 14.8.